The number of nitrogens with zero attached hydrogens (tertiary/aromatic N) is 2. The second-order valence-corrected chi connectivity index (χ2v) is 10.6. The highest BCUT2D eigenvalue weighted by Crippen LogP contribution is 2.33. The van der Waals surface area contributed by atoms with Crippen LogP contribution in [-0.2, 0) is 26.2 Å². The van der Waals surface area contributed by atoms with Gasteiger partial charge in [0.1, 0.15) is 18.3 Å². The van der Waals surface area contributed by atoms with Gasteiger partial charge < -0.3 is 15.0 Å². The molecule has 2 amide bonds. The van der Waals surface area contributed by atoms with E-state index in [9.17, 15) is 18.0 Å². The van der Waals surface area contributed by atoms with Crippen molar-refractivity contribution in [2.24, 2.45) is 0 Å². The first kappa shape index (κ1) is 28.7. The van der Waals surface area contributed by atoms with Crippen molar-refractivity contribution < 1.29 is 22.7 Å². The van der Waals surface area contributed by atoms with Crippen molar-refractivity contribution in [3.8, 4) is 5.75 Å². The molecule has 192 valence electrons. The SMILES string of the molecule is CCCNC(=O)[C@@H](CC)N(Cc1ccc(OC)cc1)C(=O)CN(c1cccc(Cl)c1Cl)S(C)(=O)=O. The topological polar surface area (TPSA) is 96.0 Å². The summed E-state index contributed by atoms with van der Waals surface area (Å²) >= 11 is 12.4. The summed E-state index contributed by atoms with van der Waals surface area (Å²) in [5, 5.41) is 3.00. The number of hydrogen-bond acceptors (Lipinski definition) is 5. The molecule has 0 saturated carbocycles. The summed E-state index contributed by atoms with van der Waals surface area (Å²) in [6.07, 6.45) is 2.06. The summed E-state index contributed by atoms with van der Waals surface area (Å²) in [5.41, 5.74) is 0.843. The zero-order chi connectivity index (χ0) is 26.2. The minimum Gasteiger partial charge on any atom is -0.497 e. The van der Waals surface area contributed by atoms with Crippen LogP contribution in [0.25, 0.3) is 0 Å². The Morgan fingerprint density at radius 3 is 2.29 bits per heavy atom. The van der Waals surface area contributed by atoms with Crippen LogP contribution in [0.2, 0.25) is 10.0 Å². The quantitative estimate of drug-likeness (QED) is 0.434. The number of amides is 2. The molecule has 0 heterocycles. The molecule has 0 aliphatic rings. The predicted molar refractivity (Wildman–Crippen MR) is 140 cm³/mol. The molecular formula is C24H31Cl2N3O5S. The molecule has 0 aliphatic carbocycles. The van der Waals surface area contributed by atoms with E-state index in [0.717, 1.165) is 22.5 Å². The van der Waals surface area contributed by atoms with Crippen LogP contribution in [0.15, 0.2) is 42.5 Å². The van der Waals surface area contributed by atoms with Crippen LogP contribution >= 0.6 is 23.2 Å². The predicted octanol–water partition coefficient (Wildman–Crippen LogP) is 4.10. The molecule has 11 heteroatoms. The van der Waals surface area contributed by atoms with Crippen molar-refractivity contribution in [2.45, 2.75) is 39.3 Å². The fourth-order valence-corrected chi connectivity index (χ4v) is 4.80. The summed E-state index contributed by atoms with van der Waals surface area (Å²) in [4.78, 5) is 27.9. The maximum absolute atomic E-state index is 13.6. The maximum Gasteiger partial charge on any atom is 0.244 e. The van der Waals surface area contributed by atoms with Gasteiger partial charge >= 0.3 is 0 Å². The van der Waals surface area contributed by atoms with Crippen LogP contribution in [0, 0.1) is 0 Å². The number of sulfonamides is 1. The lowest BCUT2D eigenvalue weighted by Gasteiger charge is -2.33. The van der Waals surface area contributed by atoms with Crippen LogP contribution < -0.4 is 14.4 Å². The molecule has 0 saturated heterocycles. The van der Waals surface area contributed by atoms with E-state index in [1.54, 1.807) is 44.4 Å². The normalized spacial score (nSPS) is 12.1. The third kappa shape index (κ3) is 7.75. The van der Waals surface area contributed by atoms with E-state index < -0.39 is 28.5 Å². The standard InChI is InChI=1S/C24H31Cl2N3O5S/c1-5-14-27-24(31)20(6-2)28(15-17-10-12-18(34-3)13-11-17)22(30)16-29(35(4,32)33)21-9-7-8-19(25)23(21)26/h7-13,20H,5-6,14-16H2,1-4H3,(H,27,31)/t20-/m1/s1. The molecule has 2 aromatic carbocycles. The van der Waals surface area contributed by atoms with Gasteiger partial charge in [0.05, 0.1) is 29.1 Å². The summed E-state index contributed by atoms with van der Waals surface area (Å²) in [5.74, 6) is -0.207. The van der Waals surface area contributed by atoms with Crippen molar-refractivity contribution in [1.29, 1.82) is 0 Å². The lowest BCUT2D eigenvalue weighted by Crippen LogP contribution is -2.52. The molecule has 8 nitrogen and oxygen atoms in total. The molecular weight excluding hydrogens is 513 g/mol. The number of rotatable bonds is 12. The number of carbonyl (C=O) groups excluding carboxylic acids is 2. The van der Waals surface area contributed by atoms with Crippen molar-refractivity contribution in [2.75, 3.05) is 30.8 Å². The zero-order valence-electron chi connectivity index (χ0n) is 20.3. The third-order valence-electron chi connectivity index (χ3n) is 5.33. The van der Waals surface area contributed by atoms with E-state index in [1.807, 2.05) is 6.92 Å². The Balaban J connectivity index is 2.46. The van der Waals surface area contributed by atoms with Crippen LogP contribution in [0.3, 0.4) is 0 Å². The van der Waals surface area contributed by atoms with Crippen LogP contribution in [0.5, 0.6) is 5.75 Å². The highest BCUT2D eigenvalue weighted by Gasteiger charge is 2.32. The molecule has 2 aromatic rings. The Morgan fingerprint density at radius 2 is 1.74 bits per heavy atom. The molecule has 1 N–H and O–H groups in total. The molecule has 0 fully saturated rings. The van der Waals surface area contributed by atoms with Crippen molar-refractivity contribution >= 4 is 50.7 Å². The van der Waals surface area contributed by atoms with E-state index in [1.165, 1.54) is 17.0 Å². The van der Waals surface area contributed by atoms with Gasteiger partial charge in [-0.05, 0) is 42.7 Å². The van der Waals surface area contributed by atoms with Gasteiger partial charge in [0, 0.05) is 13.1 Å². The highest BCUT2D eigenvalue weighted by atomic mass is 35.5. The van der Waals surface area contributed by atoms with Gasteiger partial charge in [-0.25, -0.2) is 8.42 Å². The fraction of sp³-hybridized carbons (Fsp3) is 0.417. The Bertz CT molecular complexity index is 1130. The molecule has 0 unspecified atom stereocenters. The summed E-state index contributed by atoms with van der Waals surface area (Å²) in [6, 6.07) is 10.8. The first-order chi connectivity index (χ1) is 16.5. The minimum absolute atomic E-state index is 0.0156. The average Bonchev–Trinajstić information content (AvgIpc) is 2.82. The molecule has 0 bridgehead atoms. The number of carbonyl (C=O) groups is 2. The van der Waals surface area contributed by atoms with E-state index in [2.05, 4.69) is 5.32 Å². The number of halogens is 2. The highest BCUT2D eigenvalue weighted by molar-refractivity contribution is 7.92. The van der Waals surface area contributed by atoms with Gasteiger partial charge in [0.25, 0.3) is 0 Å². The number of anilines is 1. The van der Waals surface area contributed by atoms with E-state index in [4.69, 9.17) is 27.9 Å². The molecule has 0 radical (unpaired) electrons. The average molecular weight is 545 g/mol. The number of ether oxygens (including phenoxy) is 1. The molecule has 35 heavy (non-hydrogen) atoms. The van der Waals surface area contributed by atoms with E-state index in [0.29, 0.717) is 18.7 Å². The van der Waals surface area contributed by atoms with Gasteiger partial charge in [-0.1, -0.05) is 55.2 Å². The van der Waals surface area contributed by atoms with Gasteiger partial charge in [-0.2, -0.15) is 0 Å². The number of benzene rings is 2. The van der Waals surface area contributed by atoms with Crippen LogP contribution in [-0.4, -0.2) is 57.6 Å². The first-order valence-corrected chi connectivity index (χ1v) is 13.8. The minimum atomic E-state index is -3.91. The third-order valence-corrected chi connectivity index (χ3v) is 7.26. The van der Waals surface area contributed by atoms with Gasteiger partial charge in [0.15, 0.2) is 0 Å². The summed E-state index contributed by atoms with van der Waals surface area (Å²) in [6.45, 7) is 3.74. The lowest BCUT2D eigenvalue weighted by atomic mass is 10.1. The lowest BCUT2D eigenvalue weighted by molar-refractivity contribution is -0.140. The van der Waals surface area contributed by atoms with Gasteiger partial charge in [-0.15, -0.1) is 0 Å². The second-order valence-electron chi connectivity index (χ2n) is 7.93. The zero-order valence-corrected chi connectivity index (χ0v) is 22.6. The second kappa shape index (κ2) is 13.0. The van der Waals surface area contributed by atoms with Crippen molar-refractivity contribution in [3.63, 3.8) is 0 Å². The van der Waals surface area contributed by atoms with Gasteiger partial charge in [0.2, 0.25) is 21.8 Å². The Morgan fingerprint density at radius 1 is 1.09 bits per heavy atom. The number of methoxy groups -OCH3 is 1. The molecule has 0 aromatic heterocycles. The van der Waals surface area contributed by atoms with Crippen LogP contribution in [0.4, 0.5) is 5.69 Å². The monoisotopic (exact) mass is 543 g/mol. The number of nitrogens with one attached hydrogen (secondary N) is 1. The Labute approximate surface area is 217 Å². The number of hydrogen-bond donors (Lipinski definition) is 1. The maximum atomic E-state index is 13.6. The van der Waals surface area contributed by atoms with Crippen molar-refractivity contribution in [3.05, 3.63) is 58.1 Å². The molecule has 0 aliphatic heterocycles. The Kier molecular flexibility index (Phi) is 10.7. The molecule has 1 atom stereocenters. The van der Waals surface area contributed by atoms with E-state index >= 15 is 0 Å². The largest absolute Gasteiger partial charge is 0.497 e. The first-order valence-electron chi connectivity index (χ1n) is 11.1. The Hall–Kier alpha value is -2.49. The van der Waals surface area contributed by atoms with E-state index in [-0.39, 0.29) is 28.2 Å². The summed E-state index contributed by atoms with van der Waals surface area (Å²) in [7, 11) is -2.36. The van der Waals surface area contributed by atoms with Crippen LogP contribution in [0.1, 0.15) is 32.3 Å². The molecule has 0 spiro atoms. The van der Waals surface area contributed by atoms with Gasteiger partial charge in [-0.3, -0.25) is 13.9 Å². The summed E-state index contributed by atoms with van der Waals surface area (Å²) < 4.78 is 31.4. The smallest absolute Gasteiger partial charge is 0.244 e. The fourth-order valence-electron chi connectivity index (χ4n) is 3.49. The molecule has 2 rings (SSSR count). The van der Waals surface area contributed by atoms with Crippen molar-refractivity contribution in [1.82, 2.24) is 10.2 Å².